The predicted molar refractivity (Wildman–Crippen MR) is 77.0 cm³/mol. The maximum absolute atomic E-state index is 12.2. The minimum atomic E-state index is -0.284. The highest BCUT2D eigenvalue weighted by Gasteiger charge is 2.27. The zero-order chi connectivity index (χ0) is 14.0. The van der Waals surface area contributed by atoms with Crippen LogP contribution >= 0.6 is 0 Å². The molecule has 1 saturated carbocycles. The molecule has 3 atom stereocenters. The van der Waals surface area contributed by atoms with E-state index < -0.39 is 0 Å². The Kier molecular flexibility index (Phi) is 4.13. The molecule has 1 fully saturated rings. The van der Waals surface area contributed by atoms with Gasteiger partial charge in [-0.15, -0.1) is 0 Å². The third kappa shape index (κ3) is 3.09. The van der Waals surface area contributed by atoms with Gasteiger partial charge in [0, 0.05) is 5.69 Å². The first kappa shape index (κ1) is 13.9. The highest BCUT2D eigenvalue weighted by molar-refractivity contribution is 5.95. The lowest BCUT2D eigenvalue weighted by atomic mass is 9.80. The monoisotopic (exact) mass is 261 g/mol. The van der Waals surface area contributed by atoms with Crippen molar-refractivity contribution in [3.63, 3.8) is 0 Å². The third-order valence-electron chi connectivity index (χ3n) is 4.37. The summed E-state index contributed by atoms with van der Waals surface area (Å²) in [6.45, 7) is 6.39. The molecule has 1 aliphatic carbocycles. The number of carbonyl (C=O) groups is 1. The highest BCUT2D eigenvalue weighted by atomic mass is 16.5. The molecule has 2 N–H and O–H groups in total. The van der Waals surface area contributed by atoms with E-state index in [0.29, 0.717) is 17.2 Å². The van der Waals surface area contributed by atoms with Gasteiger partial charge in [0.25, 0.3) is 0 Å². The molecule has 3 unspecified atom stereocenters. The molecule has 0 aromatic heterocycles. The molecule has 0 radical (unpaired) electrons. The molecule has 0 bridgehead atoms. The number of aryl methyl sites for hydroxylation is 1. The second-order valence-electron chi connectivity index (χ2n) is 5.83. The van der Waals surface area contributed by atoms with E-state index in [9.17, 15) is 4.79 Å². The second-order valence-corrected chi connectivity index (χ2v) is 5.83. The lowest BCUT2D eigenvalue weighted by molar-refractivity contribution is 0.00889. The number of benzene rings is 1. The number of anilines is 1. The topological polar surface area (TPSA) is 52.3 Å². The van der Waals surface area contributed by atoms with Crippen molar-refractivity contribution in [2.45, 2.75) is 46.1 Å². The van der Waals surface area contributed by atoms with Crippen LogP contribution in [0.25, 0.3) is 0 Å². The summed E-state index contributed by atoms with van der Waals surface area (Å²) in [5, 5.41) is 0. The van der Waals surface area contributed by atoms with Crippen LogP contribution in [0.1, 0.15) is 49.0 Å². The lowest BCUT2D eigenvalue weighted by Gasteiger charge is -2.31. The van der Waals surface area contributed by atoms with Crippen molar-refractivity contribution in [2.24, 2.45) is 11.8 Å². The quantitative estimate of drug-likeness (QED) is 0.654. The summed E-state index contributed by atoms with van der Waals surface area (Å²) in [6.07, 6.45) is 3.09. The molecular weight excluding hydrogens is 238 g/mol. The molecular formula is C16H23NO2. The van der Waals surface area contributed by atoms with Gasteiger partial charge >= 0.3 is 5.97 Å². The van der Waals surface area contributed by atoms with Crippen LogP contribution < -0.4 is 5.73 Å². The summed E-state index contributed by atoms with van der Waals surface area (Å²) in [5.41, 5.74) is 7.88. The van der Waals surface area contributed by atoms with Crippen molar-refractivity contribution in [3.05, 3.63) is 29.3 Å². The van der Waals surface area contributed by atoms with Crippen LogP contribution in [-0.4, -0.2) is 12.1 Å². The van der Waals surface area contributed by atoms with Gasteiger partial charge in [-0.05, 0) is 49.7 Å². The standard InChI is InChI=1S/C16H23NO2/c1-10-7-8-13(9-12(10)3)19-16(18)14-6-4-5-11(2)15(14)17/h4-6,10,12-13H,7-9,17H2,1-3H3. The fourth-order valence-electron chi connectivity index (χ4n) is 2.68. The number of esters is 1. The number of hydrogen-bond acceptors (Lipinski definition) is 3. The Balaban J connectivity index is 2.03. The number of hydrogen-bond donors (Lipinski definition) is 1. The molecule has 0 amide bonds. The van der Waals surface area contributed by atoms with Crippen LogP contribution in [0.4, 0.5) is 5.69 Å². The molecule has 0 saturated heterocycles. The average Bonchev–Trinajstić information content (AvgIpc) is 2.37. The summed E-state index contributed by atoms with van der Waals surface area (Å²) in [4.78, 5) is 12.2. The van der Waals surface area contributed by atoms with Crippen molar-refractivity contribution in [2.75, 3.05) is 5.73 Å². The molecule has 1 aromatic carbocycles. The van der Waals surface area contributed by atoms with Gasteiger partial charge < -0.3 is 10.5 Å². The second kappa shape index (κ2) is 5.64. The molecule has 3 nitrogen and oxygen atoms in total. The summed E-state index contributed by atoms with van der Waals surface area (Å²) < 4.78 is 5.61. The number of para-hydroxylation sites is 1. The van der Waals surface area contributed by atoms with Crippen LogP contribution in [-0.2, 0) is 4.74 Å². The maximum atomic E-state index is 12.2. The summed E-state index contributed by atoms with van der Waals surface area (Å²) in [5.74, 6) is 1.05. The highest BCUT2D eigenvalue weighted by Crippen LogP contribution is 2.31. The van der Waals surface area contributed by atoms with Gasteiger partial charge in [0.05, 0.1) is 5.56 Å². The summed E-state index contributed by atoms with van der Waals surface area (Å²) in [6, 6.07) is 5.48. The van der Waals surface area contributed by atoms with E-state index >= 15 is 0 Å². The Labute approximate surface area is 115 Å². The first-order chi connectivity index (χ1) is 8.99. The number of nitrogen functional groups attached to an aromatic ring is 1. The molecule has 2 rings (SSSR count). The molecule has 0 aliphatic heterocycles. The van der Waals surface area contributed by atoms with Gasteiger partial charge in [-0.2, -0.15) is 0 Å². The Hall–Kier alpha value is -1.51. The molecule has 3 heteroatoms. The normalized spacial score (nSPS) is 27.0. The number of nitrogens with two attached hydrogens (primary N) is 1. The fourth-order valence-corrected chi connectivity index (χ4v) is 2.68. The van der Waals surface area contributed by atoms with Crippen molar-refractivity contribution in [1.29, 1.82) is 0 Å². The van der Waals surface area contributed by atoms with Gasteiger partial charge in [-0.3, -0.25) is 0 Å². The molecule has 0 heterocycles. The van der Waals surface area contributed by atoms with Crippen LogP contribution in [0.2, 0.25) is 0 Å². The van der Waals surface area contributed by atoms with Crippen LogP contribution in [0.3, 0.4) is 0 Å². The van der Waals surface area contributed by atoms with E-state index in [0.717, 1.165) is 30.7 Å². The lowest BCUT2D eigenvalue weighted by Crippen LogP contribution is -2.29. The van der Waals surface area contributed by atoms with Crippen molar-refractivity contribution in [1.82, 2.24) is 0 Å². The van der Waals surface area contributed by atoms with E-state index in [-0.39, 0.29) is 12.1 Å². The maximum Gasteiger partial charge on any atom is 0.340 e. The Morgan fingerprint density at radius 3 is 2.68 bits per heavy atom. The first-order valence-corrected chi connectivity index (χ1v) is 7.05. The van der Waals surface area contributed by atoms with E-state index in [4.69, 9.17) is 10.5 Å². The Morgan fingerprint density at radius 1 is 1.26 bits per heavy atom. The van der Waals surface area contributed by atoms with Crippen LogP contribution in [0.15, 0.2) is 18.2 Å². The zero-order valence-corrected chi connectivity index (χ0v) is 12.0. The van der Waals surface area contributed by atoms with E-state index in [1.807, 2.05) is 19.1 Å². The van der Waals surface area contributed by atoms with Crippen molar-refractivity contribution in [3.8, 4) is 0 Å². The smallest absolute Gasteiger partial charge is 0.340 e. The Morgan fingerprint density at radius 2 is 2.00 bits per heavy atom. The average molecular weight is 261 g/mol. The first-order valence-electron chi connectivity index (χ1n) is 7.05. The molecule has 1 aromatic rings. The molecule has 1 aliphatic rings. The number of carbonyl (C=O) groups excluding carboxylic acids is 1. The largest absolute Gasteiger partial charge is 0.459 e. The fraction of sp³-hybridized carbons (Fsp3) is 0.562. The third-order valence-corrected chi connectivity index (χ3v) is 4.37. The number of ether oxygens (including phenoxy) is 1. The molecule has 104 valence electrons. The number of rotatable bonds is 2. The van der Waals surface area contributed by atoms with Gasteiger partial charge in [-0.25, -0.2) is 4.79 Å². The minimum absolute atomic E-state index is 0.0404. The van der Waals surface area contributed by atoms with Gasteiger partial charge in [0.2, 0.25) is 0 Å². The van der Waals surface area contributed by atoms with Crippen molar-refractivity contribution >= 4 is 11.7 Å². The van der Waals surface area contributed by atoms with E-state index in [2.05, 4.69) is 13.8 Å². The zero-order valence-electron chi connectivity index (χ0n) is 12.0. The predicted octanol–water partition coefficient (Wildman–Crippen LogP) is 3.56. The summed E-state index contributed by atoms with van der Waals surface area (Å²) >= 11 is 0. The van der Waals surface area contributed by atoms with Crippen LogP contribution in [0, 0.1) is 18.8 Å². The van der Waals surface area contributed by atoms with Crippen LogP contribution in [0.5, 0.6) is 0 Å². The minimum Gasteiger partial charge on any atom is -0.459 e. The van der Waals surface area contributed by atoms with Gasteiger partial charge in [0.1, 0.15) is 6.10 Å². The van der Waals surface area contributed by atoms with E-state index in [1.165, 1.54) is 0 Å². The van der Waals surface area contributed by atoms with Gasteiger partial charge in [0.15, 0.2) is 0 Å². The Bertz CT molecular complexity index is 470. The molecule has 19 heavy (non-hydrogen) atoms. The van der Waals surface area contributed by atoms with Gasteiger partial charge in [-0.1, -0.05) is 26.0 Å². The SMILES string of the molecule is Cc1cccc(C(=O)OC2CCC(C)C(C)C2)c1N. The molecule has 0 spiro atoms. The van der Waals surface area contributed by atoms with Crippen molar-refractivity contribution < 1.29 is 9.53 Å². The summed E-state index contributed by atoms with van der Waals surface area (Å²) in [7, 11) is 0. The van der Waals surface area contributed by atoms with E-state index in [1.54, 1.807) is 6.07 Å².